The third-order valence-corrected chi connectivity index (χ3v) is 2.97. The molecular formula is C13H13F3. The molecule has 0 heterocycles. The molecule has 0 aromatic heterocycles. The van der Waals surface area contributed by atoms with Gasteiger partial charge in [-0.05, 0) is 48.4 Å². The number of halogens is 3. The summed E-state index contributed by atoms with van der Waals surface area (Å²) in [5, 5.41) is 0. The quantitative estimate of drug-likeness (QED) is 0.619. The van der Waals surface area contributed by atoms with Crippen LogP contribution in [0.4, 0.5) is 13.2 Å². The smallest absolute Gasteiger partial charge is 0.167 e. The molecule has 0 aliphatic heterocycles. The third kappa shape index (κ3) is 2.29. The van der Waals surface area contributed by atoms with E-state index in [9.17, 15) is 13.2 Å². The molecule has 0 fully saturated rings. The summed E-state index contributed by atoms with van der Waals surface area (Å²) in [6.45, 7) is 1.95. The van der Waals surface area contributed by atoms with Crippen molar-refractivity contribution in [3.8, 4) is 0 Å². The first-order valence-corrected chi connectivity index (χ1v) is 5.35. The minimum atomic E-state index is -4.21. The summed E-state index contributed by atoms with van der Waals surface area (Å²) in [7, 11) is 0. The lowest BCUT2D eigenvalue weighted by molar-refractivity contribution is -0.0794. The number of hydrogen-bond donors (Lipinski definition) is 0. The Morgan fingerprint density at radius 3 is 2.62 bits per heavy atom. The summed E-state index contributed by atoms with van der Waals surface area (Å²) < 4.78 is 37.1. The predicted octanol–water partition coefficient (Wildman–Crippen LogP) is 4.28. The van der Waals surface area contributed by atoms with E-state index in [0.717, 1.165) is 29.5 Å². The lowest BCUT2D eigenvalue weighted by atomic mass is 9.85. The fourth-order valence-corrected chi connectivity index (χ4v) is 2.27. The van der Waals surface area contributed by atoms with Gasteiger partial charge in [0.1, 0.15) is 0 Å². The monoisotopic (exact) mass is 226 g/mol. The summed E-state index contributed by atoms with van der Waals surface area (Å²) >= 11 is 0. The van der Waals surface area contributed by atoms with Crippen molar-refractivity contribution in [1.82, 2.24) is 0 Å². The van der Waals surface area contributed by atoms with Gasteiger partial charge in [-0.25, -0.2) is 0 Å². The number of aryl methyl sites for hydroxylation is 1. The third-order valence-electron chi connectivity index (χ3n) is 2.97. The Balaban J connectivity index is 2.49. The summed E-state index contributed by atoms with van der Waals surface area (Å²) in [5.41, 5.74) is 3.37. The summed E-state index contributed by atoms with van der Waals surface area (Å²) in [5.74, 6) is 0. The first kappa shape index (κ1) is 11.2. The van der Waals surface area contributed by atoms with Gasteiger partial charge < -0.3 is 0 Å². The first-order chi connectivity index (χ1) is 7.47. The molecule has 0 nitrogen and oxygen atoms in total. The topological polar surface area (TPSA) is 0 Å². The lowest BCUT2D eigenvalue weighted by Gasteiger charge is -2.21. The maximum atomic E-state index is 12.4. The number of hydrogen-bond acceptors (Lipinski definition) is 0. The van der Waals surface area contributed by atoms with Crippen LogP contribution in [0.2, 0.25) is 0 Å². The van der Waals surface area contributed by atoms with Crippen molar-refractivity contribution in [2.45, 2.75) is 32.4 Å². The Labute approximate surface area is 92.8 Å². The zero-order chi connectivity index (χ0) is 11.8. The van der Waals surface area contributed by atoms with Crippen molar-refractivity contribution < 1.29 is 13.2 Å². The van der Waals surface area contributed by atoms with Gasteiger partial charge in [0.25, 0.3) is 0 Å². The van der Waals surface area contributed by atoms with Crippen LogP contribution in [0.3, 0.4) is 0 Å². The molecule has 3 heteroatoms. The SMILES string of the molecule is Cc1cccc2c1CCC/C2=C/C(F)(F)F. The maximum Gasteiger partial charge on any atom is 0.410 e. The Bertz CT molecular complexity index is 427. The average Bonchev–Trinajstić information content (AvgIpc) is 2.17. The molecule has 0 unspecified atom stereocenters. The van der Waals surface area contributed by atoms with Crippen LogP contribution in [0, 0.1) is 6.92 Å². The Morgan fingerprint density at radius 1 is 1.19 bits per heavy atom. The van der Waals surface area contributed by atoms with Crippen LogP contribution in [0.15, 0.2) is 24.3 Å². The second-order valence-corrected chi connectivity index (χ2v) is 4.17. The minimum absolute atomic E-state index is 0.428. The Hall–Kier alpha value is -1.25. The van der Waals surface area contributed by atoms with Gasteiger partial charge in [0, 0.05) is 6.08 Å². The van der Waals surface area contributed by atoms with Crippen molar-refractivity contribution >= 4 is 5.57 Å². The normalized spacial score (nSPS) is 18.6. The van der Waals surface area contributed by atoms with Crippen LogP contribution in [0.1, 0.15) is 29.5 Å². The molecule has 0 radical (unpaired) electrons. The molecule has 0 saturated heterocycles. The van der Waals surface area contributed by atoms with E-state index in [1.165, 1.54) is 0 Å². The highest BCUT2D eigenvalue weighted by Crippen LogP contribution is 2.35. The minimum Gasteiger partial charge on any atom is -0.167 e. The zero-order valence-electron chi connectivity index (χ0n) is 9.06. The Kier molecular flexibility index (Phi) is 2.78. The van der Waals surface area contributed by atoms with Crippen LogP contribution >= 0.6 is 0 Å². The molecule has 1 aromatic carbocycles. The fraction of sp³-hybridized carbons (Fsp3) is 0.385. The standard InChI is InChI=1S/C13H13F3/c1-9-4-2-7-12-10(8-13(14,15)16)5-3-6-11(9)12/h2,4,7-8H,3,5-6H2,1H3/b10-8-. The second-order valence-electron chi connectivity index (χ2n) is 4.17. The van der Waals surface area contributed by atoms with Gasteiger partial charge in [-0.1, -0.05) is 18.2 Å². The number of benzene rings is 1. The highest BCUT2D eigenvalue weighted by atomic mass is 19.4. The van der Waals surface area contributed by atoms with Crippen molar-refractivity contribution in [2.24, 2.45) is 0 Å². The number of allylic oxidation sites excluding steroid dienone is 2. The molecule has 2 rings (SSSR count). The van der Waals surface area contributed by atoms with Crippen LogP contribution < -0.4 is 0 Å². The molecule has 0 bridgehead atoms. The fourth-order valence-electron chi connectivity index (χ4n) is 2.27. The van der Waals surface area contributed by atoms with Crippen LogP contribution in [0.5, 0.6) is 0 Å². The number of alkyl halides is 3. The number of rotatable bonds is 0. The van der Waals surface area contributed by atoms with Crippen molar-refractivity contribution in [3.63, 3.8) is 0 Å². The van der Waals surface area contributed by atoms with Crippen molar-refractivity contribution in [1.29, 1.82) is 0 Å². The van der Waals surface area contributed by atoms with Gasteiger partial charge in [-0.3, -0.25) is 0 Å². The molecule has 0 atom stereocenters. The molecule has 1 aromatic rings. The molecule has 0 amide bonds. The van der Waals surface area contributed by atoms with E-state index in [1.54, 1.807) is 6.07 Å². The van der Waals surface area contributed by atoms with E-state index >= 15 is 0 Å². The highest BCUT2D eigenvalue weighted by Gasteiger charge is 2.26. The molecule has 16 heavy (non-hydrogen) atoms. The van der Waals surface area contributed by atoms with Crippen LogP contribution in [-0.4, -0.2) is 6.18 Å². The first-order valence-electron chi connectivity index (χ1n) is 5.35. The van der Waals surface area contributed by atoms with E-state index in [0.29, 0.717) is 18.1 Å². The van der Waals surface area contributed by atoms with Crippen molar-refractivity contribution in [3.05, 3.63) is 41.0 Å². The maximum absolute atomic E-state index is 12.4. The van der Waals surface area contributed by atoms with Crippen molar-refractivity contribution in [2.75, 3.05) is 0 Å². The van der Waals surface area contributed by atoms with Gasteiger partial charge in [0.15, 0.2) is 0 Å². The van der Waals surface area contributed by atoms with Gasteiger partial charge in [0.2, 0.25) is 0 Å². The molecule has 0 N–H and O–H groups in total. The van der Waals surface area contributed by atoms with Crippen LogP contribution in [0.25, 0.3) is 5.57 Å². The summed E-state index contributed by atoms with van der Waals surface area (Å²) in [6.07, 6.45) is -1.55. The van der Waals surface area contributed by atoms with Crippen LogP contribution in [-0.2, 0) is 6.42 Å². The van der Waals surface area contributed by atoms with E-state index in [2.05, 4.69) is 0 Å². The van der Waals surface area contributed by atoms with E-state index in [4.69, 9.17) is 0 Å². The number of fused-ring (bicyclic) bond motifs is 1. The molecule has 1 aliphatic rings. The van der Waals surface area contributed by atoms with Gasteiger partial charge >= 0.3 is 6.18 Å². The van der Waals surface area contributed by atoms with Gasteiger partial charge in [0.05, 0.1) is 0 Å². The summed E-state index contributed by atoms with van der Waals surface area (Å²) in [6, 6.07) is 5.57. The molecule has 0 spiro atoms. The Morgan fingerprint density at radius 2 is 1.94 bits per heavy atom. The molecule has 1 aliphatic carbocycles. The highest BCUT2D eigenvalue weighted by molar-refractivity contribution is 5.71. The van der Waals surface area contributed by atoms with E-state index in [-0.39, 0.29) is 0 Å². The predicted molar refractivity (Wildman–Crippen MR) is 58.1 cm³/mol. The van der Waals surface area contributed by atoms with Gasteiger partial charge in [-0.2, -0.15) is 13.2 Å². The molecule has 86 valence electrons. The lowest BCUT2D eigenvalue weighted by Crippen LogP contribution is -2.08. The second kappa shape index (κ2) is 3.96. The zero-order valence-corrected chi connectivity index (χ0v) is 9.06. The average molecular weight is 226 g/mol. The van der Waals surface area contributed by atoms with Gasteiger partial charge in [-0.15, -0.1) is 0 Å². The molecule has 0 saturated carbocycles. The largest absolute Gasteiger partial charge is 0.410 e. The van der Waals surface area contributed by atoms with E-state index < -0.39 is 6.18 Å². The van der Waals surface area contributed by atoms with E-state index in [1.807, 2.05) is 19.1 Å². The molecular weight excluding hydrogens is 213 g/mol. The summed E-state index contributed by atoms with van der Waals surface area (Å²) in [4.78, 5) is 0.